The van der Waals surface area contributed by atoms with E-state index >= 15 is 0 Å². The number of ether oxygens (including phenoxy) is 2. The Bertz CT molecular complexity index is 447. The Morgan fingerprint density at radius 3 is 0.825 bits per heavy atom. The van der Waals surface area contributed by atoms with Crippen molar-refractivity contribution >= 4 is 11.9 Å². The van der Waals surface area contributed by atoms with Crippen LogP contribution in [-0.2, 0) is 19.1 Å². The van der Waals surface area contributed by atoms with Crippen LogP contribution in [0.4, 0.5) is 0 Å². The highest BCUT2D eigenvalue weighted by Crippen LogP contribution is 2.12. The van der Waals surface area contributed by atoms with Gasteiger partial charge in [0.05, 0.1) is 13.2 Å². The molecule has 0 aromatic carbocycles. The minimum atomic E-state index is 0.00412. The molecule has 0 saturated heterocycles. The normalized spacial score (nSPS) is 10.7. The Morgan fingerprint density at radius 1 is 0.325 bits per heavy atom. The number of hydrogen-bond acceptors (Lipinski definition) is 4. The molecule has 4 heteroatoms. The molecule has 0 spiro atoms. The van der Waals surface area contributed by atoms with Gasteiger partial charge >= 0.3 is 11.9 Å². The van der Waals surface area contributed by atoms with Gasteiger partial charge in [0, 0.05) is 12.8 Å². The summed E-state index contributed by atoms with van der Waals surface area (Å²) in [7, 11) is 0. The number of hydrogen-bond donors (Lipinski definition) is 0. The zero-order valence-electron chi connectivity index (χ0n) is 27.8. The predicted molar refractivity (Wildman–Crippen MR) is 174 cm³/mol. The third kappa shape index (κ3) is 39.1. The number of unbranched alkanes of at least 4 members (excludes halogenated alkanes) is 22. The SMILES string of the molecule is CCCCCCCCCCCC(=O)OCCCCCC.CCCCCCCCCCCC(=O)OCCCCCC. The molecular weight excluding hydrogens is 496 g/mol. The molecule has 0 unspecified atom stereocenters. The average molecular weight is 569 g/mol. The van der Waals surface area contributed by atoms with Crippen LogP contribution >= 0.6 is 0 Å². The van der Waals surface area contributed by atoms with Crippen molar-refractivity contribution < 1.29 is 19.1 Å². The van der Waals surface area contributed by atoms with Crippen molar-refractivity contribution in [3.8, 4) is 0 Å². The molecule has 0 aliphatic carbocycles. The molecule has 0 aliphatic rings. The van der Waals surface area contributed by atoms with Gasteiger partial charge in [0.15, 0.2) is 0 Å². The molecule has 0 atom stereocenters. The zero-order chi connectivity index (χ0) is 29.8. The van der Waals surface area contributed by atoms with Crippen LogP contribution in [-0.4, -0.2) is 25.2 Å². The first-order valence-corrected chi connectivity index (χ1v) is 17.9. The Morgan fingerprint density at radius 2 is 0.550 bits per heavy atom. The lowest BCUT2D eigenvalue weighted by atomic mass is 10.1. The van der Waals surface area contributed by atoms with Gasteiger partial charge in [-0.3, -0.25) is 9.59 Å². The van der Waals surface area contributed by atoms with E-state index in [2.05, 4.69) is 27.7 Å². The van der Waals surface area contributed by atoms with E-state index in [1.54, 1.807) is 0 Å². The van der Waals surface area contributed by atoms with Gasteiger partial charge in [-0.2, -0.15) is 0 Å². The third-order valence-corrected chi connectivity index (χ3v) is 7.49. The van der Waals surface area contributed by atoms with Gasteiger partial charge in [-0.1, -0.05) is 169 Å². The van der Waals surface area contributed by atoms with Crippen molar-refractivity contribution in [2.24, 2.45) is 0 Å². The van der Waals surface area contributed by atoms with Gasteiger partial charge in [0.1, 0.15) is 0 Å². The summed E-state index contributed by atoms with van der Waals surface area (Å²) in [4.78, 5) is 22.9. The summed E-state index contributed by atoms with van der Waals surface area (Å²) in [6, 6.07) is 0. The molecule has 0 bridgehead atoms. The maximum atomic E-state index is 11.5. The van der Waals surface area contributed by atoms with E-state index in [1.165, 1.54) is 141 Å². The topological polar surface area (TPSA) is 52.6 Å². The Hall–Kier alpha value is -1.06. The van der Waals surface area contributed by atoms with Crippen LogP contribution in [0.5, 0.6) is 0 Å². The minimum absolute atomic E-state index is 0.00412. The summed E-state index contributed by atoms with van der Waals surface area (Å²) in [6.07, 6.45) is 33.8. The molecule has 4 nitrogen and oxygen atoms in total. The van der Waals surface area contributed by atoms with E-state index in [-0.39, 0.29) is 11.9 Å². The van der Waals surface area contributed by atoms with Crippen molar-refractivity contribution in [2.45, 2.75) is 207 Å². The Balaban J connectivity index is 0. The zero-order valence-corrected chi connectivity index (χ0v) is 27.8. The lowest BCUT2D eigenvalue weighted by Gasteiger charge is -2.05. The van der Waals surface area contributed by atoms with Gasteiger partial charge in [-0.15, -0.1) is 0 Å². The predicted octanol–water partition coefficient (Wildman–Crippen LogP) is 12.1. The maximum Gasteiger partial charge on any atom is 0.305 e. The Labute approximate surface area is 251 Å². The smallest absolute Gasteiger partial charge is 0.305 e. The van der Waals surface area contributed by atoms with E-state index in [0.717, 1.165) is 25.7 Å². The van der Waals surface area contributed by atoms with Crippen LogP contribution in [0.3, 0.4) is 0 Å². The van der Waals surface area contributed by atoms with Crippen LogP contribution in [0, 0.1) is 0 Å². The van der Waals surface area contributed by atoms with Gasteiger partial charge in [-0.25, -0.2) is 0 Å². The highest BCUT2D eigenvalue weighted by Gasteiger charge is 2.03. The van der Waals surface area contributed by atoms with Crippen LogP contribution in [0.25, 0.3) is 0 Å². The van der Waals surface area contributed by atoms with Gasteiger partial charge < -0.3 is 9.47 Å². The number of rotatable bonds is 30. The number of carbonyl (C=O) groups is 2. The second-order valence-corrected chi connectivity index (χ2v) is 11.7. The molecule has 0 aliphatic heterocycles. The fourth-order valence-corrected chi connectivity index (χ4v) is 4.73. The summed E-state index contributed by atoms with van der Waals surface area (Å²) < 4.78 is 10.4. The van der Waals surface area contributed by atoms with Crippen LogP contribution < -0.4 is 0 Å². The lowest BCUT2D eigenvalue weighted by Crippen LogP contribution is -2.05. The first-order chi connectivity index (χ1) is 19.6. The fourth-order valence-electron chi connectivity index (χ4n) is 4.73. The highest BCUT2D eigenvalue weighted by molar-refractivity contribution is 5.69. The molecule has 0 rings (SSSR count). The van der Waals surface area contributed by atoms with E-state index in [9.17, 15) is 9.59 Å². The quantitative estimate of drug-likeness (QED) is 0.0638. The number of carbonyl (C=O) groups excluding carboxylic acids is 2. The Kier molecular flexibility index (Phi) is 39.0. The van der Waals surface area contributed by atoms with Gasteiger partial charge in [0.25, 0.3) is 0 Å². The lowest BCUT2D eigenvalue weighted by molar-refractivity contribution is -0.144. The van der Waals surface area contributed by atoms with Crippen LogP contribution in [0.15, 0.2) is 0 Å². The molecule has 0 aromatic rings. The van der Waals surface area contributed by atoms with E-state index in [4.69, 9.17) is 9.47 Å². The molecule has 0 heterocycles. The van der Waals surface area contributed by atoms with Crippen molar-refractivity contribution in [3.63, 3.8) is 0 Å². The van der Waals surface area contributed by atoms with E-state index in [1.807, 2.05) is 0 Å². The fraction of sp³-hybridized carbons (Fsp3) is 0.944. The van der Waals surface area contributed by atoms with Crippen LogP contribution in [0.2, 0.25) is 0 Å². The first kappa shape index (κ1) is 41.1. The summed E-state index contributed by atoms with van der Waals surface area (Å²) in [5, 5.41) is 0. The van der Waals surface area contributed by atoms with Crippen molar-refractivity contribution in [1.82, 2.24) is 0 Å². The second-order valence-electron chi connectivity index (χ2n) is 11.7. The molecule has 0 fully saturated rings. The standard InChI is InChI=1S/2C18H36O2/c2*1-3-5-7-9-10-11-12-13-14-16-18(19)20-17-15-8-6-4-2/h2*3-17H2,1-2H3. The van der Waals surface area contributed by atoms with Crippen molar-refractivity contribution in [1.29, 1.82) is 0 Å². The molecule has 0 saturated carbocycles. The molecular formula is C36H72O4. The molecule has 0 radical (unpaired) electrons. The monoisotopic (exact) mass is 569 g/mol. The molecule has 40 heavy (non-hydrogen) atoms. The van der Waals surface area contributed by atoms with Crippen LogP contribution in [0.1, 0.15) is 207 Å². The van der Waals surface area contributed by atoms with E-state index < -0.39 is 0 Å². The molecule has 0 aromatic heterocycles. The van der Waals surface area contributed by atoms with Gasteiger partial charge in [0.2, 0.25) is 0 Å². The van der Waals surface area contributed by atoms with Crippen molar-refractivity contribution in [3.05, 3.63) is 0 Å². The van der Waals surface area contributed by atoms with Gasteiger partial charge in [-0.05, 0) is 25.7 Å². The molecule has 0 N–H and O–H groups in total. The molecule has 240 valence electrons. The average Bonchev–Trinajstić information content (AvgIpc) is 2.95. The summed E-state index contributed by atoms with van der Waals surface area (Å²) in [5.41, 5.74) is 0. The summed E-state index contributed by atoms with van der Waals surface area (Å²) >= 11 is 0. The summed E-state index contributed by atoms with van der Waals surface area (Å²) in [6.45, 7) is 10.1. The van der Waals surface area contributed by atoms with E-state index in [0.29, 0.717) is 26.1 Å². The maximum absolute atomic E-state index is 11.5. The second kappa shape index (κ2) is 37.9. The first-order valence-electron chi connectivity index (χ1n) is 17.9. The largest absolute Gasteiger partial charge is 0.466 e. The minimum Gasteiger partial charge on any atom is -0.466 e. The molecule has 0 amide bonds. The third-order valence-electron chi connectivity index (χ3n) is 7.49. The number of esters is 2. The highest BCUT2D eigenvalue weighted by atomic mass is 16.5. The van der Waals surface area contributed by atoms with Crippen molar-refractivity contribution in [2.75, 3.05) is 13.2 Å². The summed E-state index contributed by atoms with van der Waals surface area (Å²) in [5.74, 6) is 0.00823.